The molecule has 0 aromatic heterocycles. The molecule has 1 amide bonds. The van der Waals surface area contributed by atoms with Crippen LogP contribution in [0, 0.1) is 12.7 Å². The van der Waals surface area contributed by atoms with Gasteiger partial charge in [0.25, 0.3) is 0 Å². The molecule has 1 aromatic carbocycles. The molecule has 0 bridgehead atoms. The summed E-state index contributed by atoms with van der Waals surface area (Å²) >= 11 is 5.76. The molecule has 2 atom stereocenters. The zero-order valence-corrected chi connectivity index (χ0v) is 9.20. The molecule has 1 aromatic rings. The molecule has 0 saturated carbocycles. The third-order valence-electron chi connectivity index (χ3n) is 2.19. The van der Waals surface area contributed by atoms with E-state index in [4.69, 9.17) is 17.3 Å². The van der Waals surface area contributed by atoms with Gasteiger partial charge in [0.05, 0.1) is 0 Å². The second kappa shape index (κ2) is 4.78. The van der Waals surface area contributed by atoms with E-state index < -0.39 is 23.9 Å². The van der Waals surface area contributed by atoms with Crippen LogP contribution in [0.4, 0.5) is 4.39 Å². The lowest BCUT2D eigenvalue weighted by molar-refractivity contribution is -0.131. The predicted octanol–water partition coefficient (Wildman–Crippen LogP) is 0.667. The first kappa shape index (κ1) is 12.9. The highest BCUT2D eigenvalue weighted by molar-refractivity contribution is 6.31. The van der Waals surface area contributed by atoms with Crippen LogP contribution in [0.15, 0.2) is 12.1 Å². The summed E-state index contributed by atoms with van der Waals surface area (Å²) in [7, 11) is 0. The SMILES string of the molecule is Cc1cc(Cl)c(C(O)C(O)C(N)=O)cc1F. The minimum Gasteiger partial charge on any atom is -0.385 e. The van der Waals surface area contributed by atoms with Crippen LogP contribution in [0.1, 0.15) is 17.2 Å². The summed E-state index contributed by atoms with van der Waals surface area (Å²) in [5.74, 6) is -1.69. The fourth-order valence-corrected chi connectivity index (χ4v) is 1.54. The van der Waals surface area contributed by atoms with Gasteiger partial charge in [0.2, 0.25) is 5.91 Å². The quantitative estimate of drug-likeness (QED) is 0.734. The van der Waals surface area contributed by atoms with Gasteiger partial charge in [-0.1, -0.05) is 11.6 Å². The highest BCUT2D eigenvalue weighted by atomic mass is 35.5. The number of aliphatic hydroxyl groups is 2. The zero-order valence-electron chi connectivity index (χ0n) is 8.45. The normalized spacial score (nSPS) is 14.6. The number of aryl methyl sites for hydroxylation is 1. The summed E-state index contributed by atoms with van der Waals surface area (Å²) in [4.78, 5) is 10.7. The number of nitrogens with two attached hydrogens (primary N) is 1. The maximum Gasteiger partial charge on any atom is 0.249 e. The maximum atomic E-state index is 13.2. The lowest BCUT2D eigenvalue weighted by Crippen LogP contribution is -2.34. The highest BCUT2D eigenvalue weighted by Gasteiger charge is 2.26. The number of rotatable bonds is 3. The number of hydrogen-bond acceptors (Lipinski definition) is 3. The molecule has 0 fully saturated rings. The van der Waals surface area contributed by atoms with E-state index >= 15 is 0 Å². The Morgan fingerprint density at radius 3 is 2.56 bits per heavy atom. The number of amides is 1. The summed E-state index contributed by atoms with van der Waals surface area (Å²) in [6.07, 6.45) is -3.46. The molecule has 6 heteroatoms. The maximum absolute atomic E-state index is 13.2. The van der Waals surface area contributed by atoms with Gasteiger partial charge in [-0.3, -0.25) is 4.79 Å². The van der Waals surface area contributed by atoms with E-state index in [2.05, 4.69) is 0 Å². The Kier molecular flexibility index (Phi) is 3.85. The van der Waals surface area contributed by atoms with Crippen molar-refractivity contribution in [3.05, 3.63) is 34.1 Å². The molecule has 16 heavy (non-hydrogen) atoms. The highest BCUT2D eigenvalue weighted by Crippen LogP contribution is 2.27. The van der Waals surface area contributed by atoms with Crippen molar-refractivity contribution in [1.29, 1.82) is 0 Å². The van der Waals surface area contributed by atoms with Gasteiger partial charge in [-0.15, -0.1) is 0 Å². The second-order valence-electron chi connectivity index (χ2n) is 3.41. The molecule has 0 aliphatic heterocycles. The number of halogens is 2. The minimum atomic E-state index is -1.82. The molecular formula is C10H11ClFNO3. The van der Waals surface area contributed by atoms with Gasteiger partial charge in [0.1, 0.15) is 11.9 Å². The van der Waals surface area contributed by atoms with Crippen molar-refractivity contribution >= 4 is 17.5 Å². The molecule has 0 saturated heterocycles. The van der Waals surface area contributed by atoms with Crippen LogP contribution >= 0.6 is 11.6 Å². The van der Waals surface area contributed by atoms with Crippen molar-refractivity contribution in [2.24, 2.45) is 5.73 Å². The smallest absolute Gasteiger partial charge is 0.249 e. The first-order valence-electron chi connectivity index (χ1n) is 4.45. The monoisotopic (exact) mass is 247 g/mol. The minimum absolute atomic E-state index is 0.0618. The van der Waals surface area contributed by atoms with Crippen LogP contribution in [0.2, 0.25) is 5.02 Å². The molecule has 0 spiro atoms. The van der Waals surface area contributed by atoms with Crippen molar-refractivity contribution in [1.82, 2.24) is 0 Å². The summed E-state index contributed by atoms with van der Waals surface area (Å²) < 4.78 is 13.2. The van der Waals surface area contributed by atoms with Crippen LogP contribution in [0.25, 0.3) is 0 Å². The average Bonchev–Trinajstić information content (AvgIpc) is 2.21. The lowest BCUT2D eigenvalue weighted by Gasteiger charge is -2.17. The first-order valence-corrected chi connectivity index (χ1v) is 4.83. The van der Waals surface area contributed by atoms with E-state index in [0.717, 1.165) is 6.07 Å². The first-order chi connectivity index (χ1) is 7.34. The van der Waals surface area contributed by atoms with Gasteiger partial charge in [-0.25, -0.2) is 4.39 Å². The van der Waals surface area contributed by atoms with Crippen molar-refractivity contribution in [3.8, 4) is 0 Å². The third-order valence-corrected chi connectivity index (χ3v) is 2.51. The fourth-order valence-electron chi connectivity index (χ4n) is 1.21. The Bertz CT molecular complexity index is 425. The summed E-state index contributed by atoms with van der Waals surface area (Å²) in [5, 5.41) is 18.8. The molecule has 0 aliphatic rings. The van der Waals surface area contributed by atoms with E-state index in [1.54, 1.807) is 0 Å². The van der Waals surface area contributed by atoms with Gasteiger partial charge >= 0.3 is 0 Å². The Morgan fingerprint density at radius 1 is 1.50 bits per heavy atom. The molecule has 88 valence electrons. The van der Waals surface area contributed by atoms with Crippen LogP contribution in [-0.2, 0) is 4.79 Å². The molecule has 0 heterocycles. The zero-order chi connectivity index (χ0) is 12.5. The number of carbonyl (C=O) groups excluding carboxylic acids is 1. The van der Waals surface area contributed by atoms with Gasteiger partial charge in [0, 0.05) is 10.6 Å². The standard InChI is InChI=1S/C10H11ClFNO3/c1-4-2-6(11)5(3-7(4)12)8(14)9(15)10(13)16/h2-3,8-9,14-15H,1H3,(H2,13,16). The van der Waals surface area contributed by atoms with E-state index in [1.165, 1.54) is 13.0 Å². The fraction of sp³-hybridized carbons (Fsp3) is 0.300. The van der Waals surface area contributed by atoms with Crippen LogP contribution < -0.4 is 5.73 Å². The number of aliphatic hydroxyl groups excluding tert-OH is 2. The number of hydrogen-bond donors (Lipinski definition) is 3. The van der Waals surface area contributed by atoms with Gasteiger partial charge in [-0.2, -0.15) is 0 Å². The molecular weight excluding hydrogens is 237 g/mol. The summed E-state index contributed by atoms with van der Waals surface area (Å²) in [6, 6.07) is 2.26. The van der Waals surface area contributed by atoms with Crippen LogP contribution in [0.3, 0.4) is 0 Å². The third kappa shape index (κ3) is 2.49. The van der Waals surface area contributed by atoms with Crippen molar-refractivity contribution in [3.63, 3.8) is 0 Å². The number of benzene rings is 1. The van der Waals surface area contributed by atoms with E-state index in [-0.39, 0.29) is 10.6 Å². The van der Waals surface area contributed by atoms with E-state index in [0.29, 0.717) is 5.56 Å². The topological polar surface area (TPSA) is 83.6 Å². The average molecular weight is 248 g/mol. The molecule has 0 radical (unpaired) electrons. The van der Waals surface area contributed by atoms with Crippen LogP contribution in [-0.4, -0.2) is 22.2 Å². The summed E-state index contributed by atoms with van der Waals surface area (Å²) in [5.41, 5.74) is 5.03. The van der Waals surface area contributed by atoms with Crippen molar-refractivity contribution < 1.29 is 19.4 Å². The largest absolute Gasteiger partial charge is 0.385 e. The van der Waals surface area contributed by atoms with Gasteiger partial charge < -0.3 is 15.9 Å². The Balaban J connectivity index is 3.13. The van der Waals surface area contributed by atoms with Gasteiger partial charge in [-0.05, 0) is 24.6 Å². The second-order valence-corrected chi connectivity index (χ2v) is 3.82. The Morgan fingerprint density at radius 2 is 2.06 bits per heavy atom. The summed E-state index contributed by atoms with van der Waals surface area (Å²) in [6.45, 7) is 1.50. The molecule has 4 nitrogen and oxygen atoms in total. The lowest BCUT2D eigenvalue weighted by atomic mass is 10.0. The van der Waals surface area contributed by atoms with E-state index in [1.807, 2.05) is 0 Å². The predicted molar refractivity (Wildman–Crippen MR) is 56.3 cm³/mol. The Labute approximate surface area is 96.4 Å². The van der Waals surface area contributed by atoms with Crippen molar-refractivity contribution in [2.45, 2.75) is 19.1 Å². The molecule has 2 unspecified atom stereocenters. The number of carbonyl (C=O) groups is 1. The van der Waals surface area contributed by atoms with Crippen molar-refractivity contribution in [2.75, 3.05) is 0 Å². The molecule has 0 aliphatic carbocycles. The molecule has 4 N–H and O–H groups in total. The Hall–Kier alpha value is -1.17. The van der Waals surface area contributed by atoms with E-state index in [9.17, 15) is 19.4 Å². The number of primary amides is 1. The van der Waals surface area contributed by atoms with Gasteiger partial charge in [0.15, 0.2) is 6.10 Å². The van der Waals surface area contributed by atoms with Crippen LogP contribution in [0.5, 0.6) is 0 Å². The molecule has 1 rings (SSSR count).